The first kappa shape index (κ1) is 12.2. The fourth-order valence-electron chi connectivity index (χ4n) is 1.18. The second-order valence-electron chi connectivity index (χ2n) is 2.68. The van der Waals surface area contributed by atoms with Gasteiger partial charge in [-0.05, 0) is 12.1 Å². The number of aromatic carboxylic acids is 1. The van der Waals surface area contributed by atoms with Crippen LogP contribution < -0.4 is 74.0 Å². The van der Waals surface area contributed by atoms with Gasteiger partial charge in [-0.25, -0.2) is 4.98 Å². The summed E-state index contributed by atoms with van der Waals surface area (Å²) in [7, 11) is 0. The molecule has 1 heterocycles. The van der Waals surface area contributed by atoms with Crippen molar-refractivity contribution in [2.24, 2.45) is 0 Å². The van der Waals surface area contributed by atoms with E-state index in [0.29, 0.717) is 5.52 Å². The van der Waals surface area contributed by atoms with Gasteiger partial charge in [0.05, 0.1) is 17.2 Å². The molecule has 0 aliphatic carbocycles. The summed E-state index contributed by atoms with van der Waals surface area (Å²) in [5, 5.41) is 11.4. The minimum atomic E-state index is -1.24. The molecule has 4 heteroatoms. The van der Waals surface area contributed by atoms with Gasteiger partial charge in [0.2, 0.25) is 0 Å². The van der Waals surface area contributed by atoms with Crippen LogP contribution in [0.4, 0.5) is 0 Å². The van der Waals surface area contributed by atoms with Gasteiger partial charge >= 0.3 is 68.9 Å². The molecule has 0 amide bonds. The number of aromatic nitrogens is 1. The SMILES string of the molecule is O=C([O-])c1ccc2ccccc2n1.[Cs+]. The molecule has 3 nitrogen and oxygen atoms in total. The Morgan fingerprint density at radius 3 is 2.57 bits per heavy atom. The number of pyridine rings is 1. The van der Waals surface area contributed by atoms with E-state index in [-0.39, 0.29) is 74.6 Å². The molecular weight excluding hydrogens is 299 g/mol. The first-order valence-corrected chi connectivity index (χ1v) is 3.84. The van der Waals surface area contributed by atoms with Crippen molar-refractivity contribution >= 4 is 16.9 Å². The van der Waals surface area contributed by atoms with Gasteiger partial charge in [-0.15, -0.1) is 0 Å². The molecule has 0 saturated heterocycles. The molecule has 0 N–H and O–H groups in total. The molecule has 1 aromatic heterocycles. The monoisotopic (exact) mass is 305 g/mol. The van der Waals surface area contributed by atoms with E-state index in [2.05, 4.69) is 4.98 Å². The number of carboxylic acid groups (broad SMARTS) is 1. The fraction of sp³-hybridized carbons (Fsp3) is 0. The van der Waals surface area contributed by atoms with Crippen LogP contribution >= 0.6 is 0 Å². The number of para-hydroxylation sites is 1. The smallest absolute Gasteiger partial charge is 0.543 e. The fourth-order valence-corrected chi connectivity index (χ4v) is 1.18. The van der Waals surface area contributed by atoms with Gasteiger partial charge < -0.3 is 9.90 Å². The van der Waals surface area contributed by atoms with Crippen molar-refractivity contribution < 1.29 is 78.8 Å². The molecule has 0 unspecified atom stereocenters. The van der Waals surface area contributed by atoms with E-state index >= 15 is 0 Å². The third kappa shape index (κ3) is 2.59. The molecule has 0 aliphatic heterocycles. The van der Waals surface area contributed by atoms with Crippen molar-refractivity contribution in [3.63, 3.8) is 0 Å². The molecule has 14 heavy (non-hydrogen) atoms. The van der Waals surface area contributed by atoms with Gasteiger partial charge in [0.25, 0.3) is 0 Å². The van der Waals surface area contributed by atoms with E-state index in [0.717, 1.165) is 5.39 Å². The van der Waals surface area contributed by atoms with Crippen molar-refractivity contribution in [3.8, 4) is 0 Å². The minimum Gasteiger partial charge on any atom is -0.543 e. The first-order valence-electron chi connectivity index (χ1n) is 3.84. The quantitative estimate of drug-likeness (QED) is 0.590. The molecule has 0 bridgehead atoms. The maximum Gasteiger partial charge on any atom is 1.00 e. The topological polar surface area (TPSA) is 53.0 Å². The molecule has 0 saturated carbocycles. The number of benzene rings is 1. The van der Waals surface area contributed by atoms with Crippen LogP contribution in [0.3, 0.4) is 0 Å². The molecule has 2 rings (SSSR count). The number of nitrogens with zero attached hydrogens (tertiary/aromatic N) is 1. The predicted molar refractivity (Wildman–Crippen MR) is 46.1 cm³/mol. The van der Waals surface area contributed by atoms with Crippen LogP contribution in [-0.4, -0.2) is 11.0 Å². The first-order chi connectivity index (χ1) is 6.27. The van der Waals surface area contributed by atoms with E-state index in [4.69, 9.17) is 0 Å². The van der Waals surface area contributed by atoms with Crippen LogP contribution in [0, 0.1) is 0 Å². The summed E-state index contributed by atoms with van der Waals surface area (Å²) in [6.45, 7) is 0. The van der Waals surface area contributed by atoms with E-state index < -0.39 is 5.97 Å². The number of hydrogen-bond acceptors (Lipinski definition) is 3. The zero-order valence-electron chi connectivity index (χ0n) is 7.73. The van der Waals surface area contributed by atoms with Crippen molar-refractivity contribution in [3.05, 3.63) is 42.1 Å². The molecule has 2 aromatic rings. The Labute approximate surface area is 140 Å². The molecule has 0 aliphatic rings. The third-order valence-corrected chi connectivity index (χ3v) is 1.81. The van der Waals surface area contributed by atoms with Crippen molar-refractivity contribution in [2.45, 2.75) is 0 Å². The predicted octanol–water partition coefficient (Wildman–Crippen LogP) is -2.40. The molecule has 1 aromatic carbocycles. The van der Waals surface area contributed by atoms with Gasteiger partial charge in [-0.1, -0.05) is 24.3 Å². The molecule has 0 atom stereocenters. The molecule has 0 spiro atoms. The Bertz CT molecular complexity index is 470. The normalized spacial score (nSPS) is 9.43. The molecule has 0 fully saturated rings. The molecule has 0 radical (unpaired) electrons. The summed E-state index contributed by atoms with van der Waals surface area (Å²) in [5.41, 5.74) is 0.642. The summed E-state index contributed by atoms with van der Waals surface area (Å²) >= 11 is 0. The van der Waals surface area contributed by atoms with E-state index in [1.807, 2.05) is 18.2 Å². The van der Waals surface area contributed by atoms with Crippen LogP contribution in [-0.2, 0) is 0 Å². The second-order valence-corrected chi connectivity index (χ2v) is 2.68. The maximum atomic E-state index is 10.5. The van der Waals surface area contributed by atoms with Crippen LogP contribution in [0.25, 0.3) is 10.9 Å². The van der Waals surface area contributed by atoms with Gasteiger partial charge in [-0.2, -0.15) is 0 Å². The number of carboxylic acids is 1. The van der Waals surface area contributed by atoms with Crippen molar-refractivity contribution in [1.82, 2.24) is 4.98 Å². The van der Waals surface area contributed by atoms with Gasteiger partial charge in [0.1, 0.15) is 0 Å². The maximum absolute atomic E-state index is 10.5. The van der Waals surface area contributed by atoms with Crippen molar-refractivity contribution in [1.29, 1.82) is 0 Å². The summed E-state index contributed by atoms with van der Waals surface area (Å²) in [4.78, 5) is 14.4. The number of rotatable bonds is 1. The third-order valence-electron chi connectivity index (χ3n) is 1.81. The van der Waals surface area contributed by atoms with Gasteiger partial charge in [0.15, 0.2) is 0 Å². The van der Waals surface area contributed by atoms with Crippen LogP contribution in [0.5, 0.6) is 0 Å². The molecule has 64 valence electrons. The second kappa shape index (κ2) is 5.29. The van der Waals surface area contributed by atoms with E-state index in [1.54, 1.807) is 12.1 Å². The van der Waals surface area contributed by atoms with Crippen LogP contribution in [0.15, 0.2) is 36.4 Å². The number of hydrogen-bond donors (Lipinski definition) is 0. The zero-order chi connectivity index (χ0) is 9.26. The summed E-state index contributed by atoms with van der Waals surface area (Å²) in [6, 6.07) is 10.5. The van der Waals surface area contributed by atoms with E-state index in [9.17, 15) is 9.90 Å². The van der Waals surface area contributed by atoms with Crippen molar-refractivity contribution in [2.75, 3.05) is 0 Å². The summed E-state index contributed by atoms with van der Waals surface area (Å²) in [6.07, 6.45) is 0. The molecular formula is C10H6CsNO2. The Morgan fingerprint density at radius 1 is 1.14 bits per heavy atom. The Hall–Kier alpha value is 0.152. The van der Waals surface area contributed by atoms with Crippen LogP contribution in [0.2, 0.25) is 0 Å². The van der Waals surface area contributed by atoms with Gasteiger partial charge in [0, 0.05) is 5.39 Å². The summed E-state index contributed by atoms with van der Waals surface area (Å²) < 4.78 is 0. The number of fused-ring (bicyclic) bond motifs is 1. The minimum absolute atomic E-state index is 0. The largest absolute Gasteiger partial charge is 1.00 e. The Balaban J connectivity index is 0.000000980. The standard InChI is InChI=1S/C10H7NO2.Cs/c12-10(13)9-6-5-7-3-1-2-4-8(7)11-9;/h1-6H,(H,12,13);/q;+1/p-1. The van der Waals surface area contributed by atoms with Gasteiger partial charge in [-0.3, -0.25) is 0 Å². The Kier molecular flexibility index (Phi) is 4.62. The number of carbonyl (C=O) groups is 1. The van der Waals surface area contributed by atoms with E-state index in [1.165, 1.54) is 6.07 Å². The average Bonchev–Trinajstić information content (AvgIpc) is 2.17. The van der Waals surface area contributed by atoms with Crippen LogP contribution in [0.1, 0.15) is 10.5 Å². The zero-order valence-corrected chi connectivity index (χ0v) is 14.0. The Morgan fingerprint density at radius 2 is 1.86 bits per heavy atom. The number of carbonyl (C=O) groups excluding carboxylic acids is 1. The average molecular weight is 305 g/mol. The summed E-state index contributed by atoms with van der Waals surface area (Å²) in [5.74, 6) is -1.24.